The first kappa shape index (κ1) is 21.8. The summed E-state index contributed by atoms with van der Waals surface area (Å²) >= 11 is 13.4. The maximum absolute atomic E-state index is 12.1. The van der Waals surface area contributed by atoms with Crippen LogP contribution in [0.15, 0.2) is 23.4 Å². The van der Waals surface area contributed by atoms with Gasteiger partial charge in [0.1, 0.15) is 5.75 Å². The van der Waals surface area contributed by atoms with Crippen LogP contribution in [-0.2, 0) is 11.2 Å². The molecule has 1 aromatic heterocycles. The number of amides is 1. The summed E-state index contributed by atoms with van der Waals surface area (Å²) in [5, 5.41) is 4.72. The third kappa shape index (κ3) is 6.87. The monoisotopic (exact) mass is 427 g/mol. The predicted octanol–water partition coefficient (Wildman–Crippen LogP) is 4.64. The van der Waals surface area contributed by atoms with Gasteiger partial charge < -0.3 is 10.1 Å². The van der Waals surface area contributed by atoms with Crippen LogP contribution in [0, 0.1) is 13.8 Å². The molecule has 0 fully saturated rings. The minimum atomic E-state index is 0.00673. The van der Waals surface area contributed by atoms with Gasteiger partial charge in [-0.15, -0.1) is 0 Å². The van der Waals surface area contributed by atoms with E-state index >= 15 is 0 Å². The van der Waals surface area contributed by atoms with Crippen molar-refractivity contribution in [1.82, 2.24) is 15.3 Å². The molecule has 2 rings (SSSR count). The molecule has 0 bridgehead atoms. The van der Waals surface area contributed by atoms with Gasteiger partial charge in [-0.3, -0.25) is 4.79 Å². The van der Waals surface area contributed by atoms with E-state index < -0.39 is 0 Å². The molecule has 1 amide bonds. The summed E-state index contributed by atoms with van der Waals surface area (Å²) in [5.74, 6) is 0.597. The lowest BCUT2D eigenvalue weighted by Gasteiger charge is -2.11. The quantitative estimate of drug-likeness (QED) is 0.358. The molecule has 146 valence electrons. The number of hydrogen-bond acceptors (Lipinski definition) is 5. The van der Waals surface area contributed by atoms with Gasteiger partial charge in [-0.1, -0.05) is 35.0 Å². The van der Waals surface area contributed by atoms with Crippen molar-refractivity contribution >= 4 is 40.9 Å². The van der Waals surface area contributed by atoms with E-state index in [2.05, 4.69) is 15.3 Å². The number of nitrogens with one attached hydrogen (secondary N) is 1. The van der Waals surface area contributed by atoms with Gasteiger partial charge in [-0.25, -0.2) is 9.97 Å². The molecule has 0 saturated heterocycles. The Bertz CT molecular complexity index is 780. The molecule has 5 nitrogen and oxygen atoms in total. The van der Waals surface area contributed by atoms with Crippen LogP contribution in [0.3, 0.4) is 0 Å². The van der Waals surface area contributed by atoms with Gasteiger partial charge in [0, 0.05) is 29.4 Å². The van der Waals surface area contributed by atoms with Crippen LogP contribution in [0.5, 0.6) is 5.75 Å². The van der Waals surface area contributed by atoms with Crippen LogP contribution < -0.4 is 10.1 Å². The minimum absolute atomic E-state index is 0.00673. The molecule has 0 aliphatic carbocycles. The molecule has 0 spiro atoms. The fraction of sp³-hybridized carbons (Fsp3) is 0.421. The average molecular weight is 428 g/mol. The highest BCUT2D eigenvalue weighted by Gasteiger charge is 2.10. The van der Waals surface area contributed by atoms with E-state index in [9.17, 15) is 4.79 Å². The summed E-state index contributed by atoms with van der Waals surface area (Å²) in [5.41, 5.74) is 2.92. The largest absolute Gasteiger partial charge is 0.492 e. The number of hydrogen-bond donors (Lipinski definition) is 1. The van der Waals surface area contributed by atoms with Crippen molar-refractivity contribution in [2.45, 2.75) is 38.3 Å². The average Bonchev–Trinajstić information content (AvgIpc) is 2.62. The van der Waals surface area contributed by atoms with Crippen LogP contribution in [0.25, 0.3) is 0 Å². The highest BCUT2D eigenvalue weighted by Crippen LogP contribution is 2.27. The number of halogens is 2. The van der Waals surface area contributed by atoms with E-state index in [1.165, 1.54) is 11.8 Å². The number of thioether (sulfide) groups is 1. The zero-order valence-corrected chi connectivity index (χ0v) is 18.0. The highest BCUT2D eigenvalue weighted by molar-refractivity contribution is 7.98. The third-order valence-corrected chi connectivity index (χ3v) is 5.06. The number of aryl methyl sites for hydroxylation is 2. The fourth-order valence-corrected chi connectivity index (χ4v) is 3.48. The van der Waals surface area contributed by atoms with Crippen molar-refractivity contribution in [1.29, 1.82) is 0 Å². The number of benzene rings is 1. The van der Waals surface area contributed by atoms with Gasteiger partial charge in [0.05, 0.1) is 11.6 Å². The lowest BCUT2D eigenvalue weighted by molar-refractivity contribution is -0.121. The van der Waals surface area contributed by atoms with Gasteiger partial charge in [0.2, 0.25) is 5.91 Å². The Morgan fingerprint density at radius 3 is 2.56 bits per heavy atom. The predicted molar refractivity (Wildman–Crippen MR) is 111 cm³/mol. The minimum Gasteiger partial charge on any atom is -0.492 e. The standard InChI is InChI=1S/C19H23Cl2N3O2S/c1-12-15(13(2)24-19(23-12)27-3)6-8-18(25)22-9-4-10-26-17-7-5-14(20)11-16(17)21/h5,7,11H,4,6,8-10H2,1-3H3,(H,22,25). The van der Waals surface area contributed by atoms with E-state index in [4.69, 9.17) is 27.9 Å². The number of aromatic nitrogens is 2. The lowest BCUT2D eigenvalue weighted by atomic mass is 10.1. The zero-order valence-electron chi connectivity index (χ0n) is 15.6. The molecule has 0 aliphatic heterocycles. The molecule has 0 atom stereocenters. The maximum Gasteiger partial charge on any atom is 0.220 e. The van der Waals surface area contributed by atoms with Crippen LogP contribution in [0.4, 0.5) is 0 Å². The first-order valence-corrected chi connectivity index (χ1v) is 10.6. The second-order valence-electron chi connectivity index (χ2n) is 5.99. The van der Waals surface area contributed by atoms with Crippen molar-refractivity contribution in [3.63, 3.8) is 0 Å². The topological polar surface area (TPSA) is 64.1 Å². The number of carbonyl (C=O) groups excluding carboxylic acids is 1. The highest BCUT2D eigenvalue weighted by atomic mass is 35.5. The Kier molecular flexibility index (Phi) is 8.67. The van der Waals surface area contributed by atoms with Crippen LogP contribution in [-0.4, -0.2) is 35.3 Å². The van der Waals surface area contributed by atoms with E-state index in [-0.39, 0.29) is 5.91 Å². The van der Waals surface area contributed by atoms with Crippen LogP contribution in [0.1, 0.15) is 29.8 Å². The summed E-state index contributed by atoms with van der Waals surface area (Å²) < 4.78 is 5.60. The second kappa shape index (κ2) is 10.7. The molecule has 0 radical (unpaired) electrons. The van der Waals surface area contributed by atoms with Crippen molar-refractivity contribution in [2.75, 3.05) is 19.4 Å². The van der Waals surface area contributed by atoms with E-state index in [0.29, 0.717) is 48.2 Å². The molecule has 1 heterocycles. The Balaban J connectivity index is 1.69. The van der Waals surface area contributed by atoms with Crippen LogP contribution in [0.2, 0.25) is 10.0 Å². The third-order valence-electron chi connectivity index (χ3n) is 3.98. The van der Waals surface area contributed by atoms with Crippen molar-refractivity contribution in [2.24, 2.45) is 0 Å². The normalized spacial score (nSPS) is 10.7. The number of carbonyl (C=O) groups is 1. The van der Waals surface area contributed by atoms with Gasteiger partial charge >= 0.3 is 0 Å². The molecule has 0 saturated carbocycles. The summed E-state index contributed by atoms with van der Waals surface area (Å²) in [6, 6.07) is 5.10. The fourth-order valence-electron chi connectivity index (χ4n) is 2.56. The van der Waals surface area contributed by atoms with Gasteiger partial charge in [0.15, 0.2) is 5.16 Å². The van der Waals surface area contributed by atoms with E-state index in [0.717, 1.165) is 22.1 Å². The smallest absolute Gasteiger partial charge is 0.220 e. The molecule has 2 aromatic rings. The number of ether oxygens (including phenoxy) is 1. The molecular formula is C19H23Cl2N3O2S. The SMILES string of the molecule is CSc1nc(C)c(CCC(=O)NCCCOc2ccc(Cl)cc2Cl)c(C)n1. The molecule has 0 aliphatic rings. The first-order valence-electron chi connectivity index (χ1n) is 8.63. The Labute approximate surface area is 174 Å². The Morgan fingerprint density at radius 1 is 1.22 bits per heavy atom. The van der Waals surface area contributed by atoms with E-state index in [1.807, 2.05) is 20.1 Å². The summed E-state index contributed by atoms with van der Waals surface area (Å²) in [4.78, 5) is 20.9. The molecule has 0 unspecified atom stereocenters. The molecule has 8 heteroatoms. The van der Waals surface area contributed by atoms with Crippen molar-refractivity contribution < 1.29 is 9.53 Å². The molecule has 27 heavy (non-hydrogen) atoms. The van der Waals surface area contributed by atoms with Crippen molar-refractivity contribution in [3.8, 4) is 5.75 Å². The number of nitrogens with zero attached hydrogens (tertiary/aromatic N) is 2. The lowest BCUT2D eigenvalue weighted by Crippen LogP contribution is -2.26. The Morgan fingerprint density at radius 2 is 1.93 bits per heavy atom. The first-order chi connectivity index (χ1) is 12.9. The number of rotatable bonds is 9. The Hall–Kier alpha value is -1.50. The second-order valence-corrected chi connectivity index (χ2v) is 7.60. The van der Waals surface area contributed by atoms with Gasteiger partial charge in [0.25, 0.3) is 0 Å². The summed E-state index contributed by atoms with van der Waals surface area (Å²) in [6.45, 7) is 4.93. The van der Waals surface area contributed by atoms with E-state index in [1.54, 1.807) is 18.2 Å². The summed E-state index contributed by atoms with van der Waals surface area (Å²) in [6.07, 6.45) is 3.68. The molecular weight excluding hydrogens is 405 g/mol. The van der Waals surface area contributed by atoms with Crippen LogP contribution >= 0.6 is 35.0 Å². The molecule has 1 aromatic carbocycles. The van der Waals surface area contributed by atoms with Crippen molar-refractivity contribution in [3.05, 3.63) is 45.2 Å². The zero-order chi connectivity index (χ0) is 19.8. The molecule has 1 N–H and O–H groups in total. The van der Waals surface area contributed by atoms with Gasteiger partial charge in [-0.05, 0) is 56.7 Å². The summed E-state index contributed by atoms with van der Waals surface area (Å²) in [7, 11) is 0. The van der Waals surface area contributed by atoms with Gasteiger partial charge in [-0.2, -0.15) is 0 Å². The maximum atomic E-state index is 12.1.